The molecule has 1 aliphatic carbocycles. The molecule has 1 fully saturated rings. The second kappa shape index (κ2) is 10.9. The zero-order valence-corrected chi connectivity index (χ0v) is 16.3. The summed E-state index contributed by atoms with van der Waals surface area (Å²) in [5.74, 6) is 1.32. The van der Waals surface area contributed by atoms with Gasteiger partial charge >= 0.3 is 6.03 Å². The summed E-state index contributed by atoms with van der Waals surface area (Å²) in [5.41, 5.74) is 0.706. The topological polar surface area (TPSA) is 62.8 Å². The SMILES string of the molecule is CCN(CC)CCOc1cc(NC(=O)NC2CCCCC2)ccc1OC. The molecule has 2 N–H and O–H groups in total. The number of carbonyl (C=O) groups excluding carboxylic acids is 1. The van der Waals surface area contributed by atoms with E-state index >= 15 is 0 Å². The monoisotopic (exact) mass is 363 g/mol. The summed E-state index contributed by atoms with van der Waals surface area (Å²) in [7, 11) is 1.62. The Bertz CT molecular complexity index is 555. The van der Waals surface area contributed by atoms with E-state index in [1.54, 1.807) is 7.11 Å². The van der Waals surface area contributed by atoms with Crippen LogP contribution in [0.1, 0.15) is 46.0 Å². The summed E-state index contributed by atoms with van der Waals surface area (Å²) in [5, 5.41) is 5.97. The highest BCUT2D eigenvalue weighted by Crippen LogP contribution is 2.30. The van der Waals surface area contributed by atoms with Gasteiger partial charge < -0.3 is 25.0 Å². The number of likely N-dealkylation sites (N-methyl/N-ethyl adjacent to an activating group) is 1. The van der Waals surface area contributed by atoms with Crippen LogP contribution in [0.3, 0.4) is 0 Å². The molecular formula is C20H33N3O3. The molecule has 0 aromatic heterocycles. The zero-order chi connectivity index (χ0) is 18.8. The number of methoxy groups -OCH3 is 1. The Kier molecular flexibility index (Phi) is 8.54. The van der Waals surface area contributed by atoms with Crippen molar-refractivity contribution in [3.05, 3.63) is 18.2 Å². The van der Waals surface area contributed by atoms with Crippen LogP contribution in [-0.4, -0.2) is 50.3 Å². The van der Waals surface area contributed by atoms with Crippen molar-refractivity contribution in [2.45, 2.75) is 52.0 Å². The van der Waals surface area contributed by atoms with Gasteiger partial charge in [-0.25, -0.2) is 4.79 Å². The molecule has 2 amide bonds. The van der Waals surface area contributed by atoms with Crippen molar-refractivity contribution in [2.24, 2.45) is 0 Å². The van der Waals surface area contributed by atoms with Gasteiger partial charge in [-0.05, 0) is 38.1 Å². The van der Waals surface area contributed by atoms with Gasteiger partial charge in [0.05, 0.1) is 7.11 Å². The minimum atomic E-state index is -0.156. The Morgan fingerprint density at radius 1 is 1.15 bits per heavy atom. The smallest absolute Gasteiger partial charge is 0.319 e. The predicted octanol–water partition coefficient (Wildman–Crippen LogP) is 3.87. The van der Waals surface area contributed by atoms with Crippen LogP contribution in [0, 0.1) is 0 Å². The molecule has 0 saturated heterocycles. The lowest BCUT2D eigenvalue weighted by molar-refractivity contribution is 0.217. The van der Waals surface area contributed by atoms with E-state index in [1.165, 1.54) is 19.3 Å². The average molecular weight is 364 g/mol. The summed E-state index contributed by atoms with van der Waals surface area (Å²) < 4.78 is 11.3. The highest BCUT2D eigenvalue weighted by atomic mass is 16.5. The van der Waals surface area contributed by atoms with Crippen molar-refractivity contribution in [3.8, 4) is 11.5 Å². The van der Waals surface area contributed by atoms with Crippen molar-refractivity contribution in [1.82, 2.24) is 10.2 Å². The first-order valence-electron chi connectivity index (χ1n) is 9.77. The van der Waals surface area contributed by atoms with E-state index in [0.717, 1.165) is 32.5 Å². The molecule has 1 aromatic carbocycles. The number of rotatable bonds is 9. The van der Waals surface area contributed by atoms with Crippen LogP contribution >= 0.6 is 0 Å². The summed E-state index contributed by atoms with van der Waals surface area (Å²) in [6.45, 7) is 7.71. The van der Waals surface area contributed by atoms with Gasteiger partial charge in [-0.1, -0.05) is 33.1 Å². The van der Waals surface area contributed by atoms with Crippen LogP contribution in [0.5, 0.6) is 11.5 Å². The van der Waals surface area contributed by atoms with Crippen LogP contribution in [0.2, 0.25) is 0 Å². The van der Waals surface area contributed by atoms with Gasteiger partial charge in [-0.2, -0.15) is 0 Å². The number of anilines is 1. The number of nitrogens with zero attached hydrogens (tertiary/aromatic N) is 1. The van der Waals surface area contributed by atoms with Gasteiger partial charge in [0.2, 0.25) is 0 Å². The molecule has 1 aromatic rings. The predicted molar refractivity (Wildman–Crippen MR) is 105 cm³/mol. The van der Waals surface area contributed by atoms with Crippen LogP contribution in [-0.2, 0) is 0 Å². The minimum absolute atomic E-state index is 0.156. The average Bonchev–Trinajstić information content (AvgIpc) is 2.66. The van der Waals surface area contributed by atoms with E-state index in [1.807, 2.05) is 18.2 Å². The van der Waals surface area contributed by atoms with E-state index in [9.17, 15) is 4.79 Å². The van der Waals surface area contributed by atoms with E-state index in [-0.39, 0.29) is 12.1 Å². The Balaban J connectivity index is 1.91. The summed E-state index contributed by atoms with van der Waals surface area (Å²) in [6, 6.07) is 5.60. The number of urea groups is 1. The molecule has 2 rings (SSSR count). The Morgan fingerprint density at radius 3 is 2.54 bits per heavy atom. The number of hydrogen-bond acceptors (Lipinski definition) is 4. The fourth-order valence-electron chi connectivity index (χ4n) is 3.29. The number of benzene rings is 1. The number of hydrogen-bond donors (Lipinski definition) is 2. The Hall–Kier alpha value is -1.95. The maximum Gasteiger partial charge on any atom is 0.319 e. The first-order chi connectivity index (χ1) is 12.7. The fourth-order valence-corrected chi connectivity index (χ4v) is 3.29. The quantitative estimate of drug-likeness (QED) is 0.699. The molecule has 1 saturated carbocycles. The molecule has 0 unspecified atom stereocenters. The lowest BCUT2D eigenvalue weighted by Gasteiger charge is -2.23. The van der Waals surface area contributed by atoms with Crippen molar-refractivity contribution >= 4 is 11.7 Å². The molecule has 0 aliphatic heterocycles. The van der Waals surface area contributed by atoms with Gasteiger partial charge in [-0.15, -0.1) is 0 Å². The highest BCUT2D eigenvalue weighted by Gasteiger charge is 2.16. The van der Waals surface area contributed by atoms with E-state index < -0.39 is 0 Å². The fraction of sp³-hybridized carbons (Fsp3) is 0.650. The molecule has 6 nitrogen and oxygen atoms in total. The molecule has 0 bridgehead atoms. The highest BCUT2D eigenvalue weighted by molar-refractivity contribution is 5.89. The molecule has 0 spiro atoms. The third-order valence-corrected chi connectivity index (χ3v) is 4.92. The number of carbonyl (C=O) groups is 1. The molecule has 0 heterocycles. The first-order valence-corrected chi connectivity index (χ1v) is 9.77. The third-order valence-electron chi connectivity index (χ3n) is 4.92. The van der Waals surface area contributed by atoms with Gasteiger partial charge in [0.1, 0.15) is 6.61 Å². The zero-order valence-electron chi connectivity index (χ0n) is 16.3. The molecule has 1 aliphatic rings. The van der Waals surface area contributed by atoms with Gasteiger partial charge in [-0.3, -0.25) is 0 Å². The second-order valence-electron chi connectivity index (χ2n) is 6.67. The largest absolute Gasteiger partial charge is 0.493 e. The number of amides is 2. The lowest BCUT2D eigenvalue weighted by Crippen LogP contribution is -2.39. The molecule has 0 atom stereocenters. The Morgan fingerprint density at radius 2 is 1.88 bits per heavy atom. The normalized spacial score (nSPS) is 14.9. The van der Waals surface area contributed by atoms with Gasteiger partial charge in [0.15, 0.2) is 11.5 Å². The number of nitrogens with one attached hydrogen (secondary N) is 2. The summed E-state index contributed by atoms with van der Waals surface area (Å²) in [6.07, 6.45) is 5.79. The van der Waals surface area contributed by atoms with Gasteiger partial charge in [0.25, 0.3) is 0 Å². The molecule has 26 heavy (non-hydrogen) atoms. The summed E-state index contributed by atoms with van der Waals surface area (Å²) >= 11 is 0. The molecular weight excluding hydrogens is 330 g/mol. The van der Waals surface area contributed by atoms with Crippen molar-refractivity contribution in [3.63, 3.8) is 0 Å². The lowest BCUT2D eigenvalue weighted by atomic mass is 9.96. The first kappa shape index (κ1) is 20.4. The van der Waals surface area contributed by atoms with Crippen LogP contribution in [0.25, 0.3) is 0 Å². The van der Waals surface area contributed by atoms with E-state index in [2.05, 4.69) is 29.4 Å². The van der Waals surface area contributed by atoms with E-state index in [4.69, 9.17) is 9.47 Å². The number of ether oxygens (including phenoxy) is 2. The molecule has 146 valence electrons. The maximum atomic E-state index is 12.2. The minimum Gasteiger partial charge on any atom is -0.493 e. The maximum absolute atomic E-state index is 12.2. The van der Waals surface area contributed by atoms with Crippen LogP contribution in [0.4, 0.5) is 10.5 Å². The summed E-state index contributed by atoms with van der Waals surface area (Å²) in [4.78, 5) is 14.5. The van der Waals surface area contributed by atoms with Crippen molar-refractivity contribution in [1.29, 1.82) is 0 Å². The Labute approximate surface area is 157 Å². The third kappa shape index (κ3) is 6.41. The van der Waals surface area contributed by atoms with Gasteiger partial charge in [0, 0.05) is 24.3 Å². The van der Waals surface area contributed by atoms with E-state index in [0.29, 0.717) is 23.8 Å². The van der Waals surface area contributed by atoms with Crippen molar-refractivity contribution < 1.29 is 14.3 Å². The molecule has 6 heteroatoms. The van der Waals surface area contributed by atoms with Crippen LogP contribution in [0.15, 0.2) is 18.2 Å². The molecule has 0 radical (unpaired) electrons. The van der Waals surface area contributed by atoms with Crippen molar-refractivity contribution in [2.75, 3.05) is 38.7 Å². The second-order valence-corrected chi connectivity index (χ2v) is 6.67. The standard InChI is InChI=1S/C20H33N3O3/c1-4-23(5-2)13-14-26-19-15-17(11-12-18(19)25-3)22-20(24)21-16-9-7-6-8-10-16/h11-12,15-16H,4-10,13-14H2,1-3H3,(H2,21,22,24). The van der Waals surface area contributed by atoms with Crippen LogP contribution < -0.4 is 20.1 Å².